The summed E-state index contributed by atoms with van der Waals surface area (Å²) in [5.41, 5.74) is 9.99. The molecule has 1 aromatic carbocycles. The van der Waals surface area contributed by atoms with Crippen LogP contribution in [0, 0.1) is 0 Å². The van der Waals surface area contributed by atoms with E-state index < -0.39 is 0 Å². The molecule has 0 saturated heterocycles. The number of amides is 1. The van der Waals surface area contributed by atoms with Gasteiger partial charge in [-0.3, -0.25) is 4.79 Å². The molecule has 0 spiro atoms. The van der Waals surface area contributed by atoms with Crippen molar-refractivity contribution < 1.29 is 4.79 Å². The summed E-state index contributed by atoms with van der Waals surface area (Å²) in [6, 6.07) is 8.34. The van der Waals surface area contributed by atoms with Crippen LogP contribution in [0.1, 0.15) is 30.7 Å². The van der Waals surface area contributed by atoms with Crippen LogP contribution in [0.5, 0.6) is 0 Å². The molecule has 1 aliphatic rings. The summed E-state index contributed by atoms with van der Waals surface area (Å²) in [6.07, 6.45) is 3.16. The van der Waals surface area contributed by atoms with Crippen LogP contribution in [0.4, 0.5) is 0 Å². The largest absolute Gasteiger partial charge is 0.402 e. The van der Waals surface area contributed by atoms with Gasteiger partial charge in [0.1, 0.15) is 0 Å². The smallest absolute Gasteiger partial charge is 0.236 e. The minimum absolute atomic E-state index is 0.0914. The van der Waals surface area contributed by atoms with Crippen LogP contribution >= 0.6 is 15.9 Å². The van der Waals surface area contributed by atoms with Crippen molar-refractivity contribution in [3.8, 4) is 0 Å². The molecule has 1 saturated carbocycles. The van der Waals surface area contributed by atoms with Crippen molar-refractivity contribution in [1.82, 2.24) is 10.2 Å². The molecule has 120 valence electrons. The summed E-state index contributed by atoms with van der Waals surface area (Å²) in [6.45, 7) is 1.14. The van der Waals surface area contributed by atoms with Crippen LogP contribution in [-0.4, -0.2) is 38.0 Å². The van der Waals surface area contributed by atoms with Crippen LogP contribution in [0.25, 0.3) is 0 Å². The summed E-state index contributed by atoms with van der Waals surface area (Å²) >= 11 is 3.47. The lowest BCUT2D eigenvalue weighted by atomic mass is 9.92. The minimum atomic E-state index is 0.0914. The van der Waals surface area contributed by atoms with Crippen LogP contribution in [0.2, 0.25) is 0 Å². The maximum Gasteiger partial charge on any atom is 0.236 e. The van der Waals surface area contributed by atoms with E-state index in [4.69, 9.17) is 5.73 Å². The van der Waals surface area contributed by atoms with Crippen molar-refractivity contribution in [2.24, 2.45) is 5.73 Å². The number of allylic oxidation sites excluding steroid dienone is 2. The number of carbonyl (C=O) groups is 1. The van der Waals surface area contributed by atoms with Gasteiger partial charge in [-0.05, 0) is 43.5 Å². The normalized spacial score (nSPS) is 14.6. The van der Waals surface area contributed by atoms with Crippen molar-refractivity contribution in [2.75, 3.05) is 27.2 Å². The third-order valence-corrected chi connectivity index (χ3v) is 4.47. The van der Waals surface area contributed by atoms with Gasteiger partial charge in [0.2, 0.25) is 5.91 Å². The van der Waals surface area contributed by atoms with Crippen LogP contribution in [0.3, 0.4) is 0 Å². The number of halogens is 1. The maximum absolute atomic E-state index is 11.6. The van der Waals surface area contributed by atoms with E-state index in [-0.39, 0.29) is 11.8 Å². The molecule has 2 rings (SSSR count). The van der Waals surface area contributed by atoms with E-state index in [1.54, 1.807) is 19.0 Å². The molecule has 1 fully saturated rings. The van der Waals surface area contributed by atoms with Crippen LogP contribution < -0.4 is 11.1 Å². The van der Waals surface area contributed by atoms with E-state index in [9.17, 15) is 4.79 Å². The minimum Gasteiger partial charge on any atom is -0.402 e. The van der Waals surface area contributed by atoms with E-state index in [0.717, 1.165) is 36.0 Å². The number of benzene rings is 1. The molecule has 5 heteroatoms. The van der Waals surface area contributed by atoms with E-state index in [1.165, 1.54) is 11.1 Å². The number of hydrogen-bond donors (Lipinski definition) is 2. The topological polar surface area (TPSA) is 58.4 Å². The highest BCUT2D eigenvalue weighted by molar-refractivity contribution is 9.10. The number of nitrogens with two attached hydrogens (primary N) is 1. The molecular weight excluding hydrogens is 342 g/mol. The Hall–Kier alpha value is -1.33. The van der Waals surface area contributed by atoms with Gasteiger partial charge in [-0.25, -0.2) is 0 Å². The average Bonchev–Trinajstić information content (AvgIpc) is 3.32. The lowest BCUT2D eigenvalue weighted by Crippen LogP contribution is -2.34. The zero-order valence-corrected chi connectivity index (χ0v) is 14.8. The van der Waals surface area contributed by atoms with Crippen molar-refractivity contribution in [1.29, 1.82) is 0 Å². The second kappa shape index (κ2) is 7.79. The molecule has 0 unspecified atom stereocenters. The van der Waals surface area contributed by atoms with Gasteiger partial charge in [0, 0.05) is 30.2 Å². The Balaban J connectivity index is 1.96. The molecule has 1 aliphatic carbocycles. The predicted molar refractivity (Wildman–Crippen MR) is 93.5 cm³/mol. The summed E-state index contributed by atoms with van der Waals surface area (Å²) in [5.74, 6) is 0.321. The third-order valence-electron chi connectivity index (χ3n) is 3.94. The number of likely N-dealkylation sites (N-methyl/N-ethyl adjacent to an activating group) is 1. The molecule has 1 amide bonds. The lowest BCUT2D eigenvalue weighted by Gasteiger charge is -2.19. The molecule has 4 nitrogen and oxygen atoms in total. The Morgan fingerprint density at radius 2 is 1.95 bits per heavy atom. The van der Waals surface area contributed by atoms with Gasteiger partial charge in [0.25, 0.3) is 0 Å². The highest BCUT2D eigenvalue weighted by atomic mass is 79.9. The molecular formula is C17H24BrN3O. The zero-order valence-electron chi connectivity index (χ0n) is 13.2. The summed E-state index contributed by atoms with van der Waals surface area (Å²) in [7, 11) is 3.54. The van der Waals surface area contributed by atoms with E-state index in [1.807, 2.05) is 0 Å². The molecule has 1 atom stereocenters. The van der Waals surface area contributed by atoms with Gasteiger partial charge in [-0.2, -0.15) is 0 Å². The van der Waals surface area contributed by atoms with Crippen molar-refractivity contribution in [3.05, 3.63) is 45.6 Å². The molecule has 3 N–H and O–H groups in total. The molecule has 0 aliphatic heterocycles. The molecule has 0 heterocycles. The predicted octanol–water partition coefficient (Wildman–Crippen LogP) is 2.61. The quantitative estimate of drug-likeness (QED) is 0.730. The third kappa shape index (κ3) is 4.85. The number of nitrogens with one attached hydrogen (secondary N) is 1. The first-order valence-corrected chi connectivity index (χ1v) is 8.42. The number of nitrogens with zero attached hydrogens (tertiary/aromatic N) is 1. The monoisotopic (exact) mass is 365 g/mol. The summed E-state index contributed by atoms with van der Waals surface area (Å²) in [4.78, 5) is 13.2. The summed E-state index contributed by atoms with van der Waals surface area (Å²) in [5, 5.41) is 3.21. The Kier molecular flexibility index (Phi) is 6.03. The van der Waals surface area contributed by atoms with Crippen molar-refractivity contribution >= 4 is 21.8 Å². The Morgan fingerprint density at radius 1 is 1.32 bits per heavy atom. The van der Waals surface area contributed by atoms with Gasteiger partial charge in [-0.1, -0.05) is 33.6 Å². The second-order valence-electron chi connectivity index (χ2n) is 5.92. The first-order valence-electron chi connectivity index (χ1n) is 7.62. The fraction of sp³-hybridized carbons (Fsp3) is 0.471. The fourth-order valence-electron chi connectivity index (χ4n) is 2.39. The van der Waals surface area contributed by atoms with E-state index >= 15 is 0 Å². The standard InChI is InChI=1S/C17H24BrN3O/c1-21(2)16(22)11-20-10-9-15(17(19)13-3-4-13)12-5-7-14(18)8-6-12/h5-8,15,20H,3-4,9-11,19H2,1-2H3/t15-/m1/s1. The van der Waals surface area contributed by atoms with Crippen molar-refractivity contribution in [3.63, 3.8) is 0 Å². The van der Waals surface area contributed by atoms with Gasteiger partial charge in [-0.15, -0.1) is 0 Å². The van der Waals surface area contributed by atoms with Gasteiger partial charge in [0.05, 0.1) is 6.54 Å². The van der Waals surface area contributed by atoms with E-state index in [0.29, 0.717) is 6.54 Å². The highest BCUT2D eigenvalue weighted by Crippen LogP contribution is 2.37. The second-order valence-corrected chi connectivity index (χ2v) is 6.83. The highest BCUT2D eigenvalue weighted by Gasteiger charge is 2.23. The molecule has 1 aromatic rings. The lowest BCUT2D eigenvalue weighted by molar-refractivity contribution is -0.127. The molecule has 22 heavy (non-hydrogen) atoms. The maximum atomic E-state index is 11.6. The Bertz CT molecular complexity index is 546. The van der Waals surface area contributed by atoms with Crippen LogP contribution in [0.15, 0.2) is 40.0 Å². The van der Waals surface area contributed by atoms with Crippen molar-refractivity contribution in [2.45, 2.75) is 25.2 Å². The molecule has 0 bridgehead atoms. The average molecular weight is 366 g/mol. The SMILES string of the molecule is CN(C)C(=O)CNCC[C@@H](C(N)=C1CC1)c1ccc(Br)cc1. The van der Waals surface area contributed by atoms with Gasteiger partial charge >= 0.3 is 0 Å². The molecule has 0 aromatic heterocycles. The Morgan fingerprint density at radius 3 is 2.50 bits per heavy atom. The fourth-order valence-corrected chi connectivity index (χ4v) is 2.66. The molecule has 0 radical (unpaired) electrons. The number of rotatable bonds is 7. The van der Waals surface area contributed by atoms with E-state index in [2.05, 4.69) is 45.5 Å². The zero-order chi connectivity index (χ0) is 16.1. The number of hydrogen-bond acceptors (Lipinski definition) is 3. The van der Waals surface area contributed by atoms with Gasteiger partial charge in [0.15, 0.2) is 0 Å². The first-order chi connectivity index (χ1) is 10.5. The summed E-state index contributed by atoms with van der Waals surface area (Å²) < 4.78 is 1.07. The first kappa shape index (κ1) is 17.0. The Labute approximate surface area is 140 Å². The van der Waals surface area contributed by atoms with Gasteiger partial charge < -0.3 is 16.0 Å². The van der Waals surface area contributed by atoms with Crippen LogP contribution in [-0.2, 0) is 4.79 Å². The number of carbonyl (C=O) groups excluding carboxylic acids is 1.